The van der Waals surface area contributed by atoms with Crippen LogP contribution in [0.2, 0.25) is 0 Å². The minimum absolute atomic E-state index is 0.0660. The van der Waals surface area contributed by atoms with Gasteiger partial charge in [-0.05, 0) is 24.3 Å². The van der Waals surface area contributed by atoms with Crippen LogP contribution in [0.25, 0.3) is 0 Å². The van der Waals surface area contributed by atoms with Gasteiger partial charge in [0.15, 0.2) is 5.76 Å². The van der Waals surface area contributed by atoms with E-state index in [1.54, 1.807) is 23.4 Å². The number of hydrogen-bond donors (Lipinski definition) is 1. The third kappa shape index (κ3) is 3.51. The van der Waals surface area contributed by atoms with Crippen molar-refractivity contribution in [1.29, 1.82) is 0 Å². The van der Waals surface area contributed by atoms with Crippen molar-refractivity contribution in [3.63, 3.8) is 0 Å². The van der Waals surface area contributed by atoms with Crippen LogP contribution in [0.1, 0.15) is 10.6 Å². The Hall–Kier alpha value is -3.35. The number of aromatic nitrogens is 2. The highest BCUT2D eigenvalue weighted by Crippen LogP contribution is 2.20. The van der Waals surface area contributed by atoms with Crippen molar-refractivity contribution < 1.29 is 9.21 Å². The number of carbonyl (C=O) groups is 1. The molecule has 7 nitrogen and oxygen atoms in total. The molecule has 26 heavy (non-hydrogen) atoms. The fourth-order valence-corrected chi connectivity index (χ4v) is 2.95. The molecule has 3 aromatic rings. The van der Waals surface area contributed by atoms with Crippen LogP contribution in [0.5, 0.6) is 0 Å². The molecule has 0 aliphatic carbocycles. The number of furan rings is 1. The maximum Gasteiger partial charge on any atom is 0.289 e. The Labute approximate surface area is 151 Å². The summed E-state index contributed by atoms with van der Waals surface area (Å²) < 4.78 is 5.20. The van der Waals surface area contributed by atoms with Crippen molar-refractivity contribution >= 4 is 23.2 Å². The van der Waals surface area contributed by atoms with E-state index in [9.17, 15) is 4.79 Å². The summed E-state index contributed by atoms with van der Waals surface area (Å²) in [5.74, 6) is 1.91. The molecule has 1 amide bonds. The van der Waals surface area contributed by atoms with Crippen molar-refractivity contribution in [2.24, 2.45) is 0 Å². The van der Waals surface area contributed by atoms with Crippen molar-refractivity contribution in [3.05, 3.63) is 66.9 Å². The van der Waals surface area contributed by atoms with Gasteiger partial charge in [-0.25, -0.2) is 9.97 Å². The molecule has 1 saturated heterocycles. The third-order valence-electron chi connectivity index (χ3n) is 4.32. The van der Waals surface area contributed by atoms with Crippen LogP contribution in [-0.4, -0.2) is 47.0 Å². The van der Waals surface area contributed by atoms with Crippen LogP contribution in [0.15, 0.2) is 65.5 Å². The number of nitrogens with zero attached hydrogens (tertiary/aromatic N) is 4. The van der Waals surface area contributed by atoms with Crippen LogP contribution in [0.4, 0.5) is 17.3 Å². The van der Waals surface area contributed by atoms with Gasteiger partial charge in [-0.2, -0.15) is 0 Å². The van der Waals surface area contributed by atoms with Gasteiger partial charge in [-0.3, -0.25) is 4.79 Å². The van der Waals surface area contributed by atoms with Crippen LogP contribution in [-0.2, 0) is 0 Å². The zero-order chi connectivity index (χ0) is 17.8. The van der Waals surface area contributed by atoms with Gasteiger partial charge < -0.3 is 19.5 Å². The lowest BCUT2D eigenvalue weighted by Gasteiger charge is -2.35. The van der Waals surface area contributed by atoms with Crippen LogP contribution in [0, 0.1) is 0 Å². The van der Waals surface area contributed by atoms with Crippen molar-refractivity contribution in [1.82, 2.24) is 14.9 Å². The maximum atomic E-state index is 12.3. The van der Waals surface area contributed by atoms with Crippen molar-refractivity contribution in [2.75, 3.05) is 36.4 Å². The summed E-state index contributed by atoms with van der Waals surface area (Å²) in [4.78, 5) is 25.0. The molecule has 1 aliphatic heterocycles. The number of hydrogen-bond acceptors (Lipinski definition) is 6. The van der Waals surface area contributed by atoms with Gasteiger partial charge in [0.05, 0.1) is 6.26 Å². The molecule has 0 unspecified atom stereocenters. The summed E-state index contributed by atoms with van der Waals surface area (Å²) in [6.07, 6.45) is 3.08. The Bertz CT molecular complexity index is 859. The lowest BCUT2D eigenvalue weighted by molar-refractivity contribution is 0.0714. The van der Waals surface area contributed by atoms with E-state index < -0.39 is 0 Å². The van der Waals surface area contributed by atoms with E-state index >= 15 is 0 Å². The number of anilines is 3. The van der Waals surface area contributed by atoms with E-state index in [-0.39, 0.29) is 5.91 Å². The summed E-state index contributed by atoms with van der Waals surface area (Å²) in [7, 11) is 0. The second-order valence-electron chi connectivity index (χ2n) is 6.01. The topological polar surface area (TPSA) is 74.5 Å². The predicted octanol–water partition coefficient (Wildman–Crippen LogP) is 2.78. The zero-order valence-electron chi connectivity index (χ0n) is 14.2. The van der Waals surface area contributed by atoms with Gasteiger partial charge in [-0.15, -0.1) is 0 Å². The normalized spacial score (nSPS) is 14.3. The summed E-state index contributed by atoms with van der Waals surface area (Å²) in [5, 5.41) is 3.27. The van der Waals surface area contributed by atoms with Crippen LogP contribution in [0.3, 0.4) is 0 Å². The standard InChI is InChI=1S/C19H19N5O2/c25-19(16-7-4-12-26-16)24-10-8-23(9-11-24)18-13-17(20-14-21-18)22-15-5-2-1-3-6-15/h1-7,12-14H,8-11H2,(H,20,21,22). The average Bonchev–Trinajstić information content (AvgIpc) is 3.23. The Balaban J connectivity index is 1.40. The second-order valence-corrected chi connectivity index (χ2v) is 6.01. The molecule has 4 rings (SSSR count). The monoisotopic (exact) mass is 349 g/mol. The summed E-state index contributed by atoms with van der Waals surface area (Å²) >= 11 is 0. The second kappa shape index (κ2) is 7.26. The molecule has 0 atom stereocenters. The first-order chi connectivity index (χ1) is 12.8. The molecule has 1 N–H and O–H groups in total. The number of amides is 1. The first-order valence-corrected chi connectivity index (χ1v) is 8.51. The van der Waals surface area contributed by atoms with E-state index in [4.69, 9.17) is 4.42 Å². The van der Waals surface area contributed by atoms with E-state index in [0.717, 1.165) is 17.3 Å². The third-order valence-corrected chi connectivity index (χ3v) is 4.32. The van der Waals surface area contributed by atoms with Crippen LogP contribution >= 0.6 is 0 Å². The highest BCUT2D eigenvalue weighted by Gasteiger charge is 2.24. The Morgan fingerprint density at radius 2 is 1.81 bits per heavy atom. The first kappa shape index (κ1) is 16.1. The van der Waals surface area contributed by atoms with E-state index in [1.807, 2.05) is 36.4 Å². The zero-order valence-corrected chi connectivity index (χ0v) is 14.2. The first-order valence-electron chi connectivity index (χ1n) is 8.51. The highest BCUT2D eigenvalue weighted by atomic mass is 16.3. The summed E-state index contributed by atoms with van der Waals surface area (Å²) in [6.45, 7) is 2.69. The molecule has 132 valence electrons. The maximum absolute atomic E-state index is 12.3. The smallest absolute Gasteiger partial charge is 0.289 e. The van der Waals surface area contributed by atoms with Gasteiger partial charge in [0.25, 0.3) is 5.91 Å². The number of carbonyl (C=O) groups excluding carboxylic acids is 1. The number of benzene rings is 1. The fourth-order valence-electron chi connectivity index (χ4n) is 2.95. The van der Waals surface area contributed by atoms with Gasteiger partial charge in [0, 0.05) is 37.9 Å². The molecule has 1 fully saturated rings. The number of rotatable bonds is 4. The van der Waals surface area contributed by atoms with Gasteiger partial charge in [0.2, 0.25) is 0 Å². The molecule has 0 saturated carbocycles. The van der Waals surface area contributed by atoms with Crippen molar-refractivity contribution in [2.45, 2.75) is 0 Å². The molecule has 0 radical (unpaired) electrons. The molecular weight excluding hydrogens is 330 g/mol. The molecular formula is C19H19N5O2. The predicted molar refractivity (Wildman–Crippen MR) is 98.6 cm³/mol. The Morgan fingerprint density at radius 1 is 1.00 bits per heavy atom. The molecule has 0 spiro atoms. The minimum atomic E-state index is -0.0660. The highest BCUT2D eigenvalue weighted by molar-refractivity contribution is 5.91. The fraction of sp³-hybridized carbons (Fsp3) is 0.211. The van der Waals surface area contributed by atoms with E-state index in [1.165, 1.54) is 6.26 Å². The largest absolute Gasteiger partial charge is 0.459 e. The van der Waals surface area contributed by atoms with Crippen LogP contribution < -0.4 is 10.2 Å². The molecule has 2 aromatic heterocycles. The molecule has 1 aliphatic rings. The minimum Gasteiger partial charge on any atom is -0.459 e. The Kier molecular flexibility index (Phi) is 4.51. The molecule has 0 bridgehead atoms. The average molecular weight is 349 g/mol. The molecule has 3 heterocycles. The number of piperazine rings is 1. The molecule has 1 aromatic carbocycles. The van der Waals surface area contributed by atoms with Gasteiger partial charge >= 0.3 is 0 Å². The summed E-state index contributed by atoms with van der Waals surface area (Å²) in [5.41, 5.74) is 0.978. The van der Waals surface area contributed by atoms with Gasteiger partial charge in [-0.1, -0.05) is 18.2 Å². The lowest BCUT2D eigenvalue weighted by atomic mass is 10.2. The van der Waals surface area contributed by atoms with E-state index in [0.29, 0.717) is 31.9 Å². The number of para-hydroxylation sites is 1. The number of nitrogens with one attached hydrogen (secondary N) is 1. The van der Waals surface area contributed by atoms with Crippen molar-refractivity contribution in [3.8, 4) is 0 Å². The van der Waals surface area contributed by atoms with E-state index in [2.05, 4.69) is 20.2 Å². The van der Waals surface area contributed by atoms with Gasteiger partial charge in [0.1, 0.15) is 18.0 Å². The Morgan fingerprint density at radius 3 is 2.54 bits per heavy atom. The molecule has 7 heteroatoms. The lowest BCUT2D eigenvalue weighted by Crippen LogP contribution is -2.49. The quantitative estimate of drug-likeness (QED) is 0.781. The summed E-state index contributed by atoms with van der Waals surface area (Å²) in [6, 6.07) is 15.2. The SMILES string of the molecule is O=C(c1ccco1)N1CCN(c2cc(Nc3ccccc3)ncn2)CC1.